The second-order valence-corrected chi connectivity index (χ2v) is 5.41. The average molecular weight is 307 g/mol. The number of rotatable bonds is 2. The van der Waals surface area contributed by atoms with Gasteiger partial charge in [0.2, 0.25) is 5.82 Å². The van der Waals surface area contributed by atoms with Crippen molar-refractivity contribution in [3.05, 3.63) is 35.2 Å². The number of nitrogens with zero attached hydrogens (tertiary/aromatic N) is 2. The topological polar surface area (TPSA) is 77.3 Å². The fourth-order valence-corrected chi connectivity index (χ4v) is 3.07. The highest BCUT2D eigenvalue weighted by atomic mass is 19.3. The van der Waals surface area contributed by atoms with Crippen molar-refractivity contribution in [3.8, 4) is 11.4 Å². The van der Waals surface area contributed by atoms with E-state index < -0.39 is 23.9 Å². The SMILES string of the molecule is O=C1NC2(CCc3cc(-c4noc(C(F)F)n4)ccc32)CO1. The van der Waals surface area contributed by atoms with Gasteiger partial charge in [-0.25, -0.2) is 4.79 Å². The lowest BCUT2D eigenvalue weighted by Gasteiger charge is -2.21. The number of aromatic nitrogens is 2. The summed E-state index contributed by atoms with van der Waals surface area (Å²) in [5, 5.41) is 6.43. The van der Waals surface area contributed by atoms with Gasteiger partial charge in [0.25, 0.3) is 5.89 Å². The van der Waals surface area contributed by atoms with Crippen molar-refractivity contribution in [2.75, 3.05) is 6.61 Å². The molecule has 1 saturated heterocycles. The molecule has 6 nitrogen and oxygen atoms in total. The average Bonchev–Trinajstić information content (AvgIpc) is 3.19. The summed E-state index contributed by atoms with van der Waals surface area (Å²) in [5.41, 5.74) is 2.14. The molecule has 114 valence electrons. The maximum atomic E-state index is 12.5. The Kier molecular flexibility index (Phi) is 2.69. The zero-order chi connectivity index (χ0) is 15.3. The van der Waals surface area contributed by atoms with Crippen LogP contribution >= 0.6 is 0 Å². The van der Waals surface area contributed by atoms with Gasteiger partial charge in [-0.2, -0.15) is 13.8 Å². The maximum Gasteiger partial charge on any atom is 0.408 e. The van der Waals surface area contributed by atoms with Gasteiger partial charge in [0.05, 0.1) is 0 Å². The van der Waals surface area contributed by atoms with Crippen LogP contribution in [-0.2, 0) is 16.7 Å². The number of nitrogens with one attached hydrogen (secondary N) is 1. The van der Waals surface area contributed by atoms with E-state index in [0.29, 0.717) is 12.2 Å². The fraction of sp³-hybridized carbons (Fsp3) is 0.357. The first-order chi connectivity index (χ1) is 10.6. The van der Waals surface area contributed by atoms with E-state index in [1.807, 2.05) is 12.1 Å². The summed E-state index contributed by atoms with van der Waals surface area (Å²) < 4.78 is 34.5. The highest BCUT2D eigenvalue weighted by Crippen LogP contribution is 2.40. The van der Waals surface area contributed by atoms with Gasteiger partial charge < -0.3 is 14.6 Å². The van der Waals surface area contributed by atoms with Gasteiger partial charge in [0.1, 0.15) is 12.1 Å². The van der Waals surface area contributed by atoms with Gasteiger partial charge in [-0.3, -0.25) is 0 Å². The van der Waals surface area contributed by atoms with E-state index in [1.54, 1.807) is 6.07 Å². The number of cyclic esters (lactones) is 1. The number of alkyl carbamates (subject to hydrolysis) is 1. The molecule has 1 atom stereocenters. The summed E-state index contributed by atoms with van der Waals surface area (Å²) in [6, 6.07) is 5.43. The van der Waals surface area contributed by atoms with Crippen molar-refractivity contribution in [3.63, 3.8) is 0 Å². The molecule has 2 aromatic rings. The van der Waals surface area contributed by atoms with Crippen LogP contribution in [0.1, 0.15) is 29.9 Å². The van der Waals surface area contributed by atoms with Gasteiger partial charge in [-0.15, -0.1) is 0 Å². The summed E-state index contributed by atoms with van der Waals surface area (Å²) in [7, 11) is 0. The third-order valence-electron chi connectivity index (χ3n) is 4.12. The fourth-order valence-electron chi connectivity index (χ4n) is 3.07. The lowest BCUT2D eigenvalue weighted by atomic mass is 9.93. The first-order valence-electron chi connectivity index (χ1n) is 6.78. The maximum absolute atomic E-state index is 12.5. The minimum absolute atomic E-state index is 0.130. The molecule has 1 spiro atoms. The van der Waals surface area contributed by atoms with Crippen molar-refractivity contribution in [1.29, 1.82) is 0 Å². The number of hydrogen-bond acceptors (Lipinski definition) is 5. The highest BCUT2D eigenvalue weighted by molar-refractivity contribution is 5.72. The molecule has 1 aliphatic heterocycles. The van der Waals surface area contributed by atoms with Crippen LogP contribution in [0.25, 0.3) is 11.4 Å². The molecule has 1 fully saturated rings. The largest absolute Gasteiger partial charge is 0.447 e. The predicted molar refractivity (Wildman–Crippen MR) is 69.2 cm³/mol. The Labute approximate surface area is 123 Å². The van der Waals surface area contributed by atoms with Gasteiger partial charge >= 0.3 is 12.5 Å². The van der Waals surface area contributed by atoms with E-state index >= 15 is 0 Å². The summed E-state index contributed by atoms with van der Waals surface area (Å²) in [6.07, 6.45) is -1.71. The molecule has 1 unspecified atom stereocenters. The van der Waals surface area contributed by atoms with Crippen LogP contribution in [0.4, 0.5) is 13.6 Å². The van der Waals surface area contributed by atoms with E-state index in [9.17, 15) is 13.6 Å². The smallest absolute Gasteiger partial charge is 0.408 e. The summed E-state index contributed by atoms with van der Waals surface area (Å²) in [5.74, 6) is -0.561. The van der Waals surface area contributed by atoms with E-state index in [4.69, 9.17) is 4.74 Å². The number of amides is 1. The molecular formula is C14H11F2N3O3. The number of carbonyl (C=O) groups is 1. The number of carbonyl (C=O) groups excluding carboxylic acids is 1. The molecule has 0 radical (unpaired) electrons. The molecule has 0 bridgehead atoms. The summed E-state index contributed by atoms with van der Waals surface area (Å²) >= 11 is 0. The zero-order valence-electron chi connectivity index (χ0n) is 11.3. The first-order valence-corrected chi connectivity index (χ1v) is 6.78. The van der Waals surface area contributed by atoms with Gasteiger partial charge in [0.15, 0.2) is 0 Å². The first kappa shape index (κ1) is 13.2. The van der Waals surface area contributed by atoms with Crippen LogP contribution in [0.2, 0.25) is 0 Å². The monoisotopic (exact) mass is 307 g/mol. The van der Waals surface area contributed by atoms with Crippen molar-refractivity contribution < 1.29 is 22.8 Å². The molecule has 8 heteroatoms. The lowest BCUT2D eigenvalue weighted by molar-refractivity contribution is 0.106. The van der Waals surface area contributed by atoms with E-state index in [-0.39, 0.29) is 5.82 Å². The van der Waals surface area contributed by atoms with Crippen LogP contribution in [0, 0.1) is 0 Å². The molecule has 4 rings (SSSR count). The Hall–Kier alpha value is -2.51. The number of hydrogen-bond donors (Lipinski definition) is 1. The van der Waals surface area contributed by atoms with Crippen molar-refractivity contribution in [2.45, 2.75) is 24.8 Å². The van der Waals surface area contributed by atoms with E-state index in [2.05, 4.69) is 20.0 Å². The molecule has 1 N–H and O–H groups in total. The molecule has 2 aliphatic rings. The summed E-state index contributed by atoms with van der Waals surface area (Å²) in [4.78, 5) is 15.0. The number of fused-ring (bicyclic) bond motifs is 2. The van der Waals surface area contributed by atoms with Gasteiger partial charge in [-0.1, -0.05) is 17.3 Å². The Morgan fingerprint density at radius 1 is 1.36 bits per heavy atom. The molecule has 1 amide bonds. The molecule has 0 saturated carbocycles. The van der Waals surface area contributed by atoms with E-state index in [0.717, 1.165) is 24.0 Å². The summed E-state index contributed by atoms with van der Waals surface area (Å²) in [6.45, 7) is 0.302. The number of ether oxygens (including phenoxy) is 1. The standard InChI is InChI=1S/C14H11F2N3O3/c15-10(16)12-17-11(19-22-12)8-1-2-9-7(5-8)3-4-14(9)6-21-13(20)18-14/h1-2,5,10H,3-4,6H2,(H,18,20). The third kappa shape index (κ3) is 1.87. The minimum Gasteiger partial charge on any atom is -0.447 e. The highest BCUT2D eigenvalue weighted by Gasteiger charge is 2.45. The van der Waals surface area contributed by atoms with Crippen LogP contribution in [0.5, 0.6) is 0 Å². The quantitative estimate of drug-likeness (QED) is 0.922. The number of halogens is 2. The molecular weight excluding hydrogens is 296 g/mol. The van der Waals surface area contributed by atoms with E-state index in [1.165, 1.54) is 0 Å². The second-order valence-electron chi connectivity index (χ2n) is 5.41. The van der Waals surface area contributed by atoms with Gasteiger partial charge in [-0.05, 0) is 30.0 Å². The Balaban J connectivity index is 1.69. The Morgan fingerprint density at radius 2 is 2.23 bits per heavy atom. The number of aryl methyl sites for hydroxylation is 1. The Bertz CT molecular complexity index is 762. The Morgan fingerprint density at radius 3 is 2.91 bits per heavy atom. The predicted octanol–water partition coefficient (Wildman–Crippen LogP) is 2.56. The zero-order valence-corrected chi connectivity index (χ0v) is 11.3. The molecule has 1 aliphatic carbocycles. The third-order valence-corrected chi connectivity index (χ3v) is 4.12. The molecule has 1 aromatic heterocycles. The number of alkyl halides is 2. The van der Waals surface area contributed by atoms with Crippen molar-refractivity contribution >= 4 is 6.09 Å². The van der Waals surface area contributed by atoms with Crippen molar-refractivity contribution in [1.82, 2.24) is 15.5 Å². The number of benzene rings is 1. The van der Waals surface area contributed by atoms with Gasteiger partial charge in [0, 0.05) is 5.56 Å². The van der Waals surface area contributed by atoms with Crippen molar-refractivity contribution in [2.24, 2.45) is 0 Å². The van der Waals surface area contributed by atoms with Crippen LogP contribution < -0.4 is 5.32 Å². The van der Waals surface area contributed by atoms with Crippen LogP contribution in [-0.4, -0.2) is 22.8 Å². The molecule has 22 heavy (non-hydrogen) atoms. The normalized spacial score (nSPS) is 23.0. The molecule has 2 heterocycles. The van der Waals surface area contributed by atoms with Crippen LogP contribution in [0.15, 0.2) is 22.7 Å². The molecule has 1 aromatic carbocycles. The lowest BCUT2D eigenvalue weighted by Crippen LogP contribution is -2.38. The second kappa shape index (κ2) is 4.49. The van der Waals surface area contributed by atoms with Crippen LogP contribution in [0.3, 0.4) is 0 Å². The minimum atomic E-state index is -2.79.